The molecule has 6 nitrogen and oxygen atoms in total. The standard InChI is InChI=1S/C17H19FN2O4S/c1-20(14-8-9-25(22,23)11-14)17(21)7-6-16-19-10-15(24-16)12-2-4-13(18)5-3-12/h2-5,10,14H,6-9,11H2,1H3/t14-/m0/s1. The van der Waals surface area contributed by atoms with Crippen molar-refractivity contribution >= 4 is 15.7 Å². The van der Waals surface area contributed by atoms with E-state index in [2.05, 4.69) is 4.98 Å². The van der Waals surface area contributed by atoms with E-state index >= 15 is 0 Å². The Morgan fingerprint density at radius 3 is 2.72 bits per heavy atom. The lowest BCUT2D eigenvalue weighted by Crippen LogP contribution is -2.37. The molecule has 1 aliphatic rings. The molecule has 8 heteroatoms. The molecule has 1 atom stereocenters. The molecule has 1 amide bonds. The van der Waals surface area contributed by atoms with Crippen LogP contribution in [0.4, 0.5) is 4.39 Å². The Morgan fingerprint density at radius 2 is 2.08 bits per heavy atom. The molecule has 1 aromatic carbocycles. The maximum atomic E-state index is 12.9. The van der Waals surface area contributed by atoms with Gasteiger partial charge in [-0.15, -0.1) is 0 Å². The molecule has 2 heterocycles. The predicted octanol–water partition coefficient (Wildman–Crippen LogP) is 2.06. The van der Waals surface area contributed by atoms with Crippen LogP contribution in [-0.4, -0.2) is 48.8 Å². The molecule has 0 saturated carbocycles. The van der Waals surface area contributed by atoms with Gasteiger partial charge in [0.15, 0.2) is 21.5 Å². The monoisotopic (exact) mass is 366 g/mol. The highest BCUT2D eigenvalue weighted by atomic mass is 32.2. The molecule has 1 fully saturated rings. The van der Waals surface area contributed by atoms with E-state index in [0.29, 0.717) is 30.1 Å². The molecular formula is C17H19FN2O4S. The van der Waals surface area contributed by atoms with Crippen LogP contribution in [0.3, 0.4) is 0 Å². The highest BCUT2D eigenvalue weighted by Crippen LogP contribution is 2.22. The Kier molecular flexibility index (Phi) is 4.89. The third-order valence-electron chi connectivity index (χ3n) is 4.38. The van der Waals surface area contributed by atoms with E-state index in [9.17, 15) is 17.6 Å². The molecule has 0 aliphatic carbocycles. The number of nitrogens with zero attached hydrogens (tertiary/aromatic N) is 2. The fourth-order valence-corrected chi connectivity index (χ4v) is 4.62. The molecule has 1 saturated heterocycles. The molecule has 3 rings (SSSR count). The lowest BCUT2D eigenvalue weighted by atomic mass is 10.2. The summed E-state index contributed by atoms with van der Waals surface area (Å²) < 4.78 is 41.6. The molecule has 0 radical (unpaired) electrons. The zero-order valence-corrected chi connectivity index (χ0v) is 14.6. The number of carbonyl (C=O) groups excluding carboxylic acids is 1. The average Bonchev–Trinajstić information content (AvgIpc) is 3.19. The molecule has 25 heavy (non-hydrogen) atoms. The van der Waals surface area contributed by atoms with Gasteiger partial charge in [-0.1, -0.05) is 0 Å². The Labute approximate surface area is 145 Å². The Balaban J connectivity index is 1.57. The van der Waals surface area contributed by atoms with E-state index in [1.165, 1.54) is 17.0 Å². The van der Waals surface area contributed by atoms with E-state index < -0.39 is 9.84 Å². The van der Waals surface area contributed by atoms with E-state index in [1.54, 1.807) is 25.4 Å². The molecular weight excluding hydrogens is 347 g/mol. The second-order valence-electron chi connectivity index (χ2n) is 6.19. The van der Waals surface area contributed by atoms with Gasteiger partial charge in [0.05, 0.1) is 17.7 Å². The largest absolute Gasteiger partial charge is 0.441 e. The van der Waals surface area contributed by atoms with Crippen LogP contribution in [0.1, 0.15) is 18.7 Å². The van der Waals surface area contributed by atoms with Crippen molar-refractivity contribution in [1.29, 1.82) is 0 Å². The summed E-state index contributed by atoms with van der Waals surface area (Å²) in [6.07, 6.45) is 2.54. The number of oxazole rings is 1. The van der Waals surface area contributed by atoms with Gasteiger partial charge in [0.25, 0.3) is 0 Å². The number of hydrogen-bond donors (Lipinski definition) is 0. The summed E-state index contributed by atoms with van der Waals surface area (Å²) in [5, 5.41) is 0. The van der Waals surface area contributed by atoms with Gasteiger partial charge in [-0.05, 0) is 30.7 Å². The van der Waals surface area contributed by atoms with E-state index in [4.69, 9.17) is 4.42 Å². The number of sulfone groups is 1. The van der Waals surface area contributed by atoms with Crippen LogP contribution in [0.25, 0.3) is 11.3 Å². The van der Waals surface area contributed by atoms with Crippen molar-refractivity contribution in [2.45, 2.75) is 25.3 Å². The van der Waals surface area contributed by atoms with Crippen molar-refractivity contribution in [3.05, 3.63) is 42.2 Å². The minimum atomic E-state index is -3.02. The van der Waals surface area contributed by atoms with Crippen molar-refractivity contribution in [3.8, 4) is 11.3 Å². The quantitative estimate of drug-likeness (QED) is 0.809. The molecule has 1 aliphatic heterocycles. The van der Waals surface area contributed by atoms with Crippen LogP contribution in [0.5, 0.6) is 0 Å². The third kappa shape index (κ3) is 4.25. The maximum Gasteiger partial charge on any atom is 0.223 e. The van der Waals surface area contributed by atoms with Crippen LogP contribution in [0.15, 0.2) is 34.9 Å². The van der Waals surface area contributed by atoms with Gasteiger partial charge in [-0.25, -0.2) is 17.8 Å². The topological polar surface area (TPSA) is 80.5 Å². The van der Waals surface area contributed by atoms with Crippen molar-refractivity contribution in [3.63, 3.8) is 0 Å². The summed E-state index contributed by atoms with van der Waals surface area (Å²) in [5.41, 5.74) is 0.708. The fraction of sp³-hybridized carbons (Fsp3) is 0.412. The SMILES string of the molecule is CN(C(=O)CCc1ncc(-c2ccc(F)cc2)o1)[C@H]1CCS(=O)(=O)C1. The van der Waals surface area contributed by atoms with E-state index in [1.807, 2.05) is 0 Å². The summed E-state index contributed by atoms with van der Waals surface area (Å²) >= 11 is 0. The summed E-state index contributed by atoms with van der Waals surface area (Å²) in [6, 6.07) is 5.62. The number of amides is 1. The molecule has 0 unspecified atom stereocenters. The third-order valence-corrected chi connectivity index (χ3v) is 6.13. The Bertz CT molecular complexity index is 861. The number of rotatable bonds is 5. The van der Waals surface area contributed by atoms with Crippen molar-refractivity contribution in [2.24, 2.45) is 0 Å². The molecule has 2 aromatic rings. The van der Waals surface area contributed by atoms with Crippen LogP contribution in [0, 0.1) is 5.82 Å². The lowest BCUT2D eigenvalue weighted by molar-refractivity contribution is -0.131. The van der Waals surface area contributed by atoms with Gasteiger partial charge in [0, 0.05) is 31.5 Å². The predicted molar refractivity (Wildman–Crippen MR) is 90.0 cm³/mol. The first-order chi connectivity index (χ1) is 11.8. The first-order valence-electron chi connectivity index (χ1n) is 8.01. The second-order valence-corrected chi connectivity index (χ2v) is 8.42. The van der Waals surface area contributed by atoms with Crippen LogP contribution in [-0.2, 0) is 21.1 Å². The highest BCUT2D eigenvalue weighted by Gasteiger charge is 2.32. The van der Waals surface area contributed by atoms with Crippen molar-refractivity contribution in [1.82, 2.24) is 9.88 Å². The molecule has 0 bridgehead atoms. The summed E-state index contributed by atoms with van der Waals surface area (Å²) in [7, 11) is -1.39. The molecule has 0 N–H and O–H groups in total. The highest BCUT2D eigenvalue weighted by molar-refractivity contribution is 7.91. The average molecular weight is 366 g/mol. The van der Waals surface area contributed by atoms with Crippen molar-refractivity contribution < 1.29 is 22.0 Å². The smallest absolute Gasteiger partial charge is 0.223 e. The number of aryl methyl sites for hydroxylation is 1. The maximum absolute atomic E-state index is 12.9. The number of hydrogen-bond acceptors (Lipinski definition) is 5. The normalized spacial score (nSPS) is 19.0. The fourth-order valence-electron chi connectivity index (χ4n) is 2.85. The summed E-state index contributed by atoms with van der Waals surface area (Å²) in [5.74, 6) is 0.631. The Morgan fingerprint density at radius 1 is 1.36 bits per heavy atom. The van der Waals surface area contributed by atoms with Crippen molar-refractivity contribution in [2.75, 3.05) is 18.6 Å². The summed E-state index contributed by atoms with van der Waals surface area (Å²) in [4.78, 5) is 17.9. The number of aromatic nitrogens is 1. The van der Waals surface area contributed by atoms with Gasteiger partial charge in [-0.3, -0.25) is 4.79 Å². The van der Waals surface area contributed by atoms with Gasteiger partial charge < -0.3 is 9.32 Å². The van der Waals surface area contributed by atoms with Crippen LogP contribution < -0.4 is 0 Å². The van der Waals surface area contributed by atoms with Crippen LogP contribution in [0.2, 0.25) is 0 Å². The van der Waals surface area contributed by atoms with Gasteiger partial charge >= 0.3 is 0 Å². The van der Waals surface area contributed by atoms with Gasteiger partial charge in [-0.2, -0.15) is 0 Å². The number of benzene rings is 1. The molecule has 0 spiro atoms. The second kappa shape index (κ2) is 6.95. The first-order valence-corrected chi connectivity index (χ1v) is 9.83. The zero-order chi connectivity index (χ0) is 18.0. The van der Waals surface area contributed by atoms with E-state index in [0.717, 1.165) is 0 Å². The van der Waals surface area contributed by atoms with E-state index in [-0.39, 0.29) is 35.7 Å². The first kappa shape index (κ1) is 17.6. The van der Waals surface area contributed by atoms with Crippen LogP contribution >= 0.6 is 0 Å². The minimum absolute atomic E-state index is 0.0307. The Hall–Kier alpha value is -2.22. The minimum Gasteiger partial charge on any atom is -0.441 e. The zero-order valence-electron chi connectivity index (χ0n) is 13.8. The number of carbonyl (C=O) groups is 1. The molecule has 134 valence electrons. The van der Waals surface area contributed by atoms with Gasteiger partial charge in [0.2, 0.25) is 5.91 Å². The number of halogens is 1. The lowest BCUT2D eigenvalue weighted by Gasteiger charge is -2.23. The summed E-state index contributed by atoms with van der Waals surface area (Å²) in [6.45, 7) is 0. The molecule has 1 aromatic heterocycles. The van der Waals surface area contributed by atoms with Gasteiger partial charge in [0.1, 0.15) is 5.82 Å².